The minimum atomic E-state index is 0.107. The molecule has 0 amide bonds. The lowest BCUT2D eigenvalue weighted by molar-refractivity contribution is -0.122. The molecule has 1 fully saturated rings. The predicted octanol–water partition coefficient (Wildman–Crippen LogP) is 2.97. The van der Waals surface area contributed by atoms with Crippen molar-refractivity contribution >= 4 is 17.4 Å². The third kappa shape index (κ3) is 3.08. The minimum absolute atomic E-state index is 0.107. The lowest BCUT2D eigenvalue weighted by Crippen LogP contribution is -2.39. The first kappa shape index (κ1) is 12.6. The van der Waals surface area contributed by atoms with Gasteiger partial charge in [0.1, 0.15) is 5.78 Å². The third-order valence-corrected chi connectivity index (χ3v) is 3.94. The van der Waals surface area contributed by atoms with Gasteiger partial charge in [-0.3, -0.25) is 4.79 Å². The number of carbonyl (C=O) groups is 1. The number of Topliss-reactive ketones (excluding diaryl/α,β-unsaturated/α-hetero) is 1. The zero-order valence-corrected chi connectivity index (χ0v) is 10.7. The monoisotopic (exact) mass is 251 g/mol. The van der Waals surface area contributed by atoms with E-state index >= 15 is 0 Å². The van der Waals surface area contributed by atoms with Crippen LogP contribution in [0.15, 0.2) is 24.3 Å². The maximum absolute atomic E-state index is 12.0. The van der Waals surface area contributed by atoms with Gasteiger partial charge in [0.2, 0.25) is 0 Å². The number of hydrogen-bond acceptors (Lipinski definition) is 2. The van der Waals surface area contributed by atoms with Gasteiger partial charge in [-0.05, 0) is 42.5 Å². The van der Waals surface area contributed by atoms with E-state index in [9.17, 15) is 4.79 Å². The van der Waals surface area contributed by atoms with Gasteiger partial charge in [0, 0.05) is 17.9 Å². The second-order valence-corrected chi connectivity index (χ2v) is 5.52. The van der Waals surface area contributed by atoms with Crippen LogP contribution in [0.1, 0.15) is 31.2 Å². The highest BCUT2D eigenvalue weighted by Gasteiger charge is 2.37. The van der Waals surface area contributed by atoms with Crippen LogP contribution in [0.3, 0.4) is 0 Å². The Morgan fingerprint density at radius 1 is 1.41 bits per heavy atom. The molecule has 0 radical (unpaired) electrons. The quantitative estimate of drug-likeness (QED) is 0.874. The Labute approximate surface area is 107 Å². The lowest BCUT2D eigenvalue weighted by atomic mass is 9.65. The molecule has 0 aliphatic heterocycles. The Kier molecular flexibility index (Phi) is 3.85. The number of benzene rings is 1. The van der Waals surface area contributed by atoms with Gasteiger partial charge in [-0.15, -0.1) is 0 Å². The molecule has 0 unspecified atom stereocenters. The molecule has 0 atom stereocenters. The van der Waals surface area contributed by atoms with Gasteiger partial charge in [0.25, 0.3) is 0 Å². The second-order valence-electron chi connectivity index (χ2n) is 5.08. The van der Waals surface area contributed by atoms with E-state index in [1.807, 2.05) is 24.3 Å². The Morgan fingerprint density at radius 3 is 2.71 bits per heavy atom. The van der Waals surface area contributed by atoms with E-state index in [0.717, 1.165) is 18.4 Å². The smallest absolute Gasteiger partial charge is 0.137 e. The maximum atomic E-state index is 12.0. The summed E-state index contributed by atoms with van der Waals surface area (Å²) in [4.78, 5) is 12.0. The number of nitrogens with two attached hydrogens (primary N) is 1. The van der Waals surface area contributed by atoms with Crippen LogP contribution in [0.4, 0.5) is 0 Å². The van der Waals surface area contributed by atoms with Crippen LogP contribution in [-0.2, 0) is 11.2 Å². The van der Waals surface area contributed by atoms with Crippen molar-refractivity contribution < 1.29 is 4.79 Å². The van der Waals surface area contributed by atoms with Crippen molar-refractivity contribution in [3.63, 3.8) is 0 Å². The van der Waals surface area contributed by atoms with E-state index in [4.69, 9.17) is 17.3 Å². The van der Waals surface area contributed by atoms with E-state index < -0.39 is 0 Å². The summed E-state index contributed by atoms with van der Waals surface area (Å²) in [5.41, 5.74) is 6.86. The molecule has 0 heterocycles. The normalized spacial score (nSPS) is 17.5. The van der Waals surface area contributed by atoms with Gasteiger partial charge in [0.15, 0.2) is 0 Å². The Balaban J connectivity index is 1.93. The Hall–Kier alpha value is -0.860. The van der Waals surface area contributed by atoms with Crippen LogP contribution in [0.2, 0.25) is 5.02 Å². The molecular formula is C14H18ClNO. The number of rotatable bonds is 5. The summed E-state index contributed by atoms with van der Waals surface area (Å²) in [6, 6.07) is 7.50. The molecule has 1 aromatic carbocycles. The highest BCUT2D eigenvalue weighted by molar-refractivity contribution is 6.30. The van der Waals surface area contributed by atoms with E-state index in [0.29, 0.717) is 24.4 Å². The van der Waals surface area contributed by atoms with Crippen molar-refractivity contribution in [1.29, 1.82) is 0 Å². The molecule has 2 nitrogen and oxygen atoms in total. The Bertz CT molecular complexity index is 407. The van der Waals surface area contributed by atoms with E-state index in [2.05, 4.69) is 0 Å². The van der Waals surface area contributed by atoms with Gasteiger partial charge in [0.05, 0.1) is 0 Å². The molecule has 1 aromatic rings. The first-order valence-electron chi connectivity index (χ1n) is 6.10. The SMILES string of the molecule is NCC1(CC(=O)Cc2cccc(Cl)c2)CCC1. The van der Waals surface area contributed by atoms with Crippen LogP contribution in [0, 0.1) is 5.41 Å². The highest BCUT2D eigenvalue weighted by Crippen LogP contribution is 2.43. The van der Waals surface area contributed by atoms with Gasteiger partial charge >= 0.3 is 0 Å². The predicted molar refractivity (Wildman–Crippen MR) is 70.1 cm³/mol. The molecule has 0 saturated heterocycles. The summed E-state index contributed by atoms with van der Waals surface area (Å²) in [5, 5.41) is 0.687. The van der Waals surface area contributed by atoms with Gasteiger partial charge < -0.3 is 5.73 Å². The first-order valence-corrected chi connectivity index (χ1v) is 6.48. The fourth-order valence-electron chi connectivity index (χ4n) is 2.49. The average molecular weight is 252 g/mol. The number of hydrogen-bond donors (Lipinski definition) is 1. The van der Waals surface area contributed by atoms with E-state index in [-0.39, 0.29) is 11.2 Å². The van der Waals surface area contributed by atoms with Crippen molar-refractivity contribution in [1.82, 2.24) is 0 Å². The summed E-state index contributed by atoms with van der Waals surface area (Å²) < 4.78 is 0. The van der Waals surface area contributed by atoms with Crippen molar-refractivity contribution in [3.8, 4) is 0 Å². The van der Waals surface area contributed by atoms with Crippen molar-refractivity contribution in [2.75, 3.05) is 6.54 Å². The van der Waals surface area contributed by atoms with Crippen molar-refractivity contribution in [2.45, 2.75) is 32.1 Å². The molecule has 2 N–H and O–H groups in total. The molecule has 1 aliphatic carbocycles. The van der Waals surface area contributed by atoms with Crippen LogP contribution in [0.5, 0.6) is 0 Å². The van der Waals surface area contributed by atoms with E-state index in [1.165, 1.54) is 6.42 Å². The molecule has 1 saturated carbocycles. The van der Waals surface area contributed by atoms with E-state index in [1.54, 1.807) is 0 Å². The highest BCUT2D eigenvalue weighted by atomic mass is 35.5. The van der Waals surface area contributed by atoms with Gasteiger partial charge in [-0.2, -0.15) is 0 Å². The third-order valence-electron chi connectivity index (χ3n) is 3.71. The molecule has 0 bridgehead atoms. The summed E-state index contributed by atoms with van der Waals surface area (Å²) in [6.45, 7) is 0.633. The lowest BCUT2D eigenvalue weighted by Gasteiger charge is -2.40. The minimum Gasteiger partial charge on any atom is -0.330 e. The zero-order chi connectivity index (χ0) is 12.3. The molecule has 3 heteroatoms. The van der Waals surface area contributed by atoms with Crippen molar-refractivity contribution in [3.05, 3.63) is 34.9 Å². The van der Waals surface area contributed by atoms with Gasteiger partial charge in [-0.25, -0.2) is 0 Å². The standard InChI is InChI=1S/C14H18ClNO/c15-12-4-1-3-11(7-12)8-13(17)9-14(10-16)5-2-6-14/h1,3-4,7H,2,5-6,8-10,16H2. The van der Waals surface area contributed by atoms with Crippen LogP contribution in [-0.4, -0.2) is 12.3 Å². The van der Waals surface area contributed by atoms with Gasteiger partial charge in [-0.1, -0.05) is 30.2 Å². The molecule has 0 spiro atoms. The molecule has 0 aromatic heterocycles. The van der Waals surface area contributed by atoms with Crippen LogP contribution in [0.25, 0.3) is 0 Å². The summed E-state index contributed by atoms with van der Waals surface area (Å²) in [5.74, 6) is 0.275. The van der Waals surface area contributed by atoms with Crippen LogP contribution < -0.4 is 5.73 Å². The fraction of sp³-hybridized carbons (Fsp3) is 0.500. The number of carbonyl (C=O) groups excluding carboxylic acids is 1. The fourth-order valence-corrected chi connectivity index (χ4v) is 2.70. The molecule has 92 valence electrons. The Morgan fingerprint density at radius 2 is 2.18 bits per heavy atom. The summed E-state index contributed by atoms with van der Waals surface area (Å²) in [6.07, 6.45) is 4.51. The second kappa shape index (κ2) is 5.19. The van der Waals surface area contributed by atoms with Crippen LogP contribution >= 0.6 is 11.6 Å². The first-order chi connectivity index (χ1) is 8.13. The van der Waals surface area contributed by atoms with Crippen molar-refractivity contribution in [2.24, 2.45) is 11.1 Å². The summed E-state index contributed by atoms with van der Waals surface area (Å²) >= 11 is 5.90. The molecule has 17 heavy (non-hydrogen) atoms. The molecular weight excluding hydrogens is 234 g/mol. The average Bonchev–Trinajstić information content (AvgIpc) is 2.23. The topological polar surface area (TPSA) is 43.1 Å². The zero-order valence-electron chi connectivity index (χ0n) is 9.92. The molecule has 2 rings (SSSR count). The largest absolute Gasteiger partial charge is 0.330 e. The maximum Gasteiger partial charge on any atom is 0.137 e. The molecule has 1 aliphatic rings. The number of ketones is 1. The summed E-state index contributed by atoms with van der Waals surface area (Å²) in [7, 11) is 0. The number of halogens is 1.